The van der Waals surface area contributed by atoms with Crippen molar-refractivity contribution >= 4 is 5.82 Å². The molecular weight excluding hydrogens is 224 g/mol. The summed E-state index contributed by atoms with van der Waals surface area (Å²) in [5.41, 5.74) is 8.35. The highest BCUT2D eigenvalue weighted by Crippen LogP contribution is 2.38. The van der Waals surface area contributed by atoms with Crippen molar-refractivity contribution in [2.24, 2.45) is 0 Å². The normalized spacial score (nSPS) is 15.1. The Bertz CT molecular complexity index is 603. The van der Waals surface area contributed by atoms with Gasteiger partial charge in [-0.3, -0.25) is 0 Å². The minimum absolute atomic E-state index is 0.409. The molecule has 18 heavy (non-hydrogen) atoms. The number of para-hydroxylation sites is 1. The van der Waals surface area contributed by atoms with E-state index < -0.39 is 0 Å². The van der Waals surface area contributed by atoms with Gasteiger partial charge in [0.2, 0.25) is 0 Å². The highest BCUT2D eigenvalue weighted by molar-refractivity contribution is 5.57. The van der Waals surface area contributed by atoms with Gasteiger partial charge in [-0.05, 0) is 25.0 Å². The van der Waals surface area contributed by atoms with Crippen molar-refractivity contribution in [2.45, 2.75) is 25.2 Å². The monoisotopic (exact) mass is 238 g/mol. The lowest BCUT2D eigenvalue weighted by molar-refractivity contribution is 0.408. The average molecular weight is 238 g/mol. The number of nitriles is 1. The zero-order chi connectivity index (χ0) is 12.5. The van der Waals surface area contributed by atoms with E-state index >= 15 is 0 Å². The molecule has 1 fully saturated rings. The van der Waals surface area contributed by atoms with Gasteiger partial charge >= 0.3 is 0 Å². The van der Waals surface area contributed by atoms with Gasteiger partial charge < -0.3 is 5.73 Å². The van der Waals surface area contributed by atoms with Crippen LogP contribution in [-0.4, -0.2) is 9.78 Å². The molecule has 0 bridgehead atoms. The maximum Gasteiger partial charge on any atom is 0.145 e. The molecule has 3 rings (SSSR count). The van der Waals surface area contributed by atoms with Crippen molar-refractivity contribution in [1.29, 1.82) is 5.26 Å². The molecule has 0 aliphatic heterocycles. The van der Waals surface area contributed by atoms with Gasteiger partial charge in [0.25, 0.3) is 0 Å². The number of aromatic nitrogens is 2. The van der Waals surface area contributed by atoms with Crippen molar-refractivity contribution in [3.8, 4) is 11.8 Å². The molecule has 1 aliphatic rings. The van der Waals surface area contributed by atoms with Crippen molar-refractivity contribution in [3.63, 3.8) is 0 Å². The number of hydrogen-bond acceptors (Lipinski definition) is 3. The fourth-order valence-electron chi connectivity index (χ4n) is 2.30. The van der Waals surface area contributed by atoms with E-state index in [4.69, 9.17) is 5.73 Å². The number of nitrogens with zero attached hydrogens (tertiary/aromatic N) is 3. The molecule has 0 spiro atoms. The SMILES string of the molecule is N#Cc1c(C2CCC2)nn(-c2ccccc2)c1N. The minimum Gasteiger partial charge on any atom is -0.382 e. The summed E-state index contributed by atoms with van der Waals surface area (Å²) in [5.74, 6) is 0.859. The van der Waals surface area contributed by atoms with Crippen LogP contribution >= 0.6 is 0 Å². The van der Waals surface area contributed by atoms with Crippen LogP contribution < -0.4 is 5.73 Å². The van der Waals surface area contributed by atoms with E-state index in [0.717, 1.165) is 24.2 Å². The molecule has 1 saturated carbocycles. The van der Waals surface area contributed by atoms with Crippen LogP contribution in [-0.2, 0) is 0 Å². The number of rotatable bonds is 2. The Labute approximate surface area is 106 Å². The van der Waals surface area contributed by atoms with E-state index in [9.17, 15) is 5.26 Å². The van der Waals surface area contributed by atoms with Crippen LogP contribution in [0.25, 0.3) is 5.69 Å². The van der Waals surface area contributed by atoms with Crippen LogP contribution in [0.3, 0.4) is 0 Å². The predicted molar refractivity (Wildman–Crippen MR) is 69.3 cm³/mol. The molecule has 0 amide bonds. The molecule has 4 heteroatoms. The Morgan fingerprint density at radius 1 is 1.28 bits per heavy atom. The predicted octanol–water partition coefficient (Wildman–Crippen LogP) is 2.59. The van der Waals surface area contributed by atoms with Gasteiger partial charge in [0.1, 0.15) is 17.5 Å². The Kier molecular flexibility index (Phi) is 2.52. The van der Waals surface area contributed by atoms with Crippen molar-refractivity contribution in [1.82, 2.24) is 9.78 Å². The topological polar surface area (TPSA) is 67.6 Å². The van der Waals surface area contributed by atoms with Gasteiger partial charge in [0.05, 0.1) is 11.4 Å². The number of nitrogen functional groups attached to an aromatic ring is 1. The molecule has 0 atom stereocenters. The second kappa shape index (κ2) is 4.19. The van der Waals surface area contributed by atoms with E-state index in [-0.39, 0.29) is 0 Å². The second-order valence-corrected chi connectivity index (χ2v) is 4.63. The summed E-state index contributed by atoms with van der Waals surface area (Å²) in [6.45, 7) is 0. The molecule has 1 aromatic carbocycles. The lowest BCUT2D eigenvalue weighted by atomic mass is 9.82. The van der Waals surface area contributed by atoms with Crippen molar-refractivity contribution in [3.05, 3.63) is 41.6 Å². The summed E-state index contributed by atoms with van der Waals surface area (Å²) in [6.07, 6.45) is 3.44. The van der Waals surface area contributed by atoms with E-state index in [1.54, 1.807) is 4.68 Å². The third-order valence-electron chi connectivity index (χ3n) is 3.55. The molecule has 0 radical (unpaired) electrons. The number of benzene rings is 1. The van der Waals surface area contributed by atoms with Crippen LogP contribution in [0.2, 0.25) is 0 Å². The summed E-state index contributed by atoms with van der Waals surface area (Å²) < 4.78 is 1.67. The quantitative estimate of drug-likeness (QED) is 0.874. The first kappa shape index (κ1) is 10.8. The standard InChI is InChI=1S/C14H14N4/c15-9-12-13(10-5-4-6-10)17-18(14(12)16)11-7-2-1-3-8-11/h1-3,7-8,10H,4-6,16H2. The van der Waals surface area contributed by atoms with Gasteiger partial charge in [0, 0.05) is 5.92 Å². The summed E-state index contributed by atoms with van der Waals surface area (Å²) in [7, 11) is 0. The van der Waals surface area contributed by atoms with Crippen molar-refractivity contribution in [2.75, 3.05) is 5.73 Å². The molecular formula is C14H14N4. The zero-order valence-corrected chi connectivity index (χ0v) is 10.0. The lowest BCUT2D eigenvalue weighted by Gasteiger charge is -2.23. The number of nitrogens with two attached hydrogens (primary N) is 1. The van der Waals surface area contributed by atoms with Crippen molar-refractivity contribution < 1.29 is 0 Å². The molecule has 0 unspecified atom stereocenters. The smallest absolute Gasteiger partial charge is 0.145 e. The Balaban J connectivity index is 2.11. The van der Waals surface area contributed by atoms with Crippen LogP contribution in [0.1, 0.15) is 36.4 Å². The Morgan fingerprint density at radius 2 is 2.00 bits per heavy atom. The fourth-order valence-corrected chi connectivity index (χ4v) is 2.30. The summed E-state index contributed by atoms with van der Waals surface area (Å²) >= 11 is 0. The van der Waals surface area contributed by atoms with Gasteiger partial charge in [-0.25, -0.2) is 4.68 Å². The zero-order valence-electron chi connectivity index (χ0n) is 10.0. The minimum atomic E-state index is 0.409. The van der Waals surface area contributed by atoms with Crippen LogP contribution in [0.4, 0.5) is 5.82 Å². The fraction of sp³-hybridized carbons (Fsp3) is 0.286. The number of hydrogen-bond donors (Lipinski definition) is 1. The Morgan fingerprint density at radius 3 is 2.56 bits per heavy atom. The molecule has 1 aliphatic carbocycles. The van der Waals surface area contributed by atoms with Gasteiger partial charge in [-0.2, -0.15) is 10.4 Å². The average Bonchev–Trinajstić information content (AvgIpc) is 2.65. The molecule has 0 saturated heterocycles. The third-order valence-corrected chi connectivity index (χ3v) is 3.55. The highest BCUT2D eigenvalue weighted by atomic mass is 15.3. The van der Waals surface area contributed by atoms with Gasteiger partial charge in [0.15, 0.2) is 0 Å². The molecule has 1 aromatic heterocycles. The van der Waals surface area contributed by atoms with Crippen LogP contribution in [0, 0.1) is 11.3 Å². The molecule has 4 nitrogen and oxygen atoms in total. The second-order valence-electron chi connectivity index (χ2n) is 4.63. The summed E-state index contributed by atoms with van der Waals surface area (Å²) in [6, 6.07) is 11.9. The van der Waals surface area contributed by atoms with Gasteiger partial charge in [-0.15, -0.1) is 0 Å². The van der Waals surface area contributed by atoms with Crippen LogP contribution in [0.5, 0.6) is 0 Å². The lowest BCUT2D eigenvalue weighted by Crippen LogP contribution is -2.11. The molecule has 1 heterocycles. The van der Waals surface area contributed by atoms with E-state index in [2.05, 4.69) is 11.2 Å². The van der Waals surface area contributed by atoms with E-state index in [1.165, 1.54) is 6.42 Å². The molecule has 90 valence electrons. The summed E-state index contributed by atoms with van der Waals surface area (Å²) in [5, 5.41) is 13.8. The summed E-state index contributed by atoms with van der Waals surface area (Å²) in [4.78, 5) is 0. The maximum atomic E-state index is 9.24. The third kappa shape index (κ3) is 1.56. The number of anilines is 1. The highest BCUT2D eigenvalue weighted by Gasteiger charge is 2.28. The molecule has 2 aromatic rings. The van der Waals surface area contributed by atoms with E-state index in [1.807, 2.05) is 30.3 Å². The first-order chi connectivity index (χ1) is 8.81. The first-order valence-corrected chi connectivity index (χ1v) is 6.15. The first-order valence-electron chi connectivity index (χ1n) is 6.15. The van der Waals surface area contributed by atoms with E-state index in [0.29, 0.717) is 17.3 Å². The maximum absolute atomic E-state index is 9.24. The Hall–Kier alpha value is -2.28. The van der Waals surface area contributed by atoms with Crippen LogP contribution in [0.15, 0.2) is 30.3 Å². The molecule has 2 N–H and O–H groups in total. The largest absolute Gasteiger partial charge is 0.382 e. The van der Waals surface area contributed by atoms with Gasteiger partial charge in [-0.1, -0.05) is 24.6 Å².